The van der Waals surface area contributed by atoms with Crippen molar-refractivity contribution in [3.05, 3.63) is 28.2 Å². The molecule has 1 N–H and O–H groups in total. The summed E-state index contributed by atoms with van der Waals surface area (Å²) in [6.07, 6.45) is 3.96. The highest BCUT2D eigenvalue weighted by Crippen LogP contribution is 2.37. The van der Waals surface area contributed by atoms with Gasteiger partial charge in [0.05, 0.1) is 0 Å². The number of rotatable bonds is 7. The van der Waals surface area contributed by atoms with Gasteiger partial charge in [0.25, 0.3) is 0 Å². The van der Waals surface area contributed by atoms with Crippen molar-refractivity contribution in [2.75, 3.05) is 18.5 Å². The van der Waals surface area contributed by atoms with Crippen molar-refractivity contribution in [1.29, 1.82) is 0 Å². The molecule has 0 heterocycles. The molecular weight excluding hydrogens is 312 g/mol. The molecule has 1 fully saturated rings. The minimum atomic E-state index is 0.378. The van der Waals surface area contributed by atoms with Crippen molar-refractivity contribution in [3.63, 3.8) is 0 Å². The van der Waals surface area contributed by atoms with Crippen LogP contribution in [0.1, 0.15) is 51.6 Å². The second kappa shape index (κ2) is 6.95. The summed E-state index contributed by atoms with van der Waals surface area (Å²) in [4.78, 5) is 2.63. The van der Waals surface area contributed by atoms with Gasteiger partial charge in [-0.3, -0.25) is 0 Å². The van der Waals surface area contributed by atoms with Crippen molar-refractivity contribution in [2.24, 2.45) is 5.92 Å². The maximum atomic E-state index is 3.61. The Morgan fingerprint density at radius 1 is 1.30 bits per heavy atom. The van der Waals surface area contributed by atoms with Gasteiger partial charge in [-0.1, -0.05) is 29.8 Å². The molecule has 1 unspecified atom stereocenters. The van der Waals surface area contributed by atoms with Gasteiger partial charge >= 0.3 is 0 Å². The van der Waals surface area contributed by atoms with E-state index in [-0.39, 0.29) is 0 Å². The molecule has 1 atom stereocenters. The van der Waals surface area contributed by atoms with Crippen LogP contribution in [-0.2, 0) is 0 Å². The summed E-state index contributed by atoms with van der Waals surface area (Å²) in [6.45, 7) is 8.03. The average Bonchev–Trinajstić information content (AvgIpc) is 3.23. The van der Waals surface area contributed by atoms with Gasteiger partial charge in [-0.05, 0) is 62.9 Å². The summed E-state index contributed by atoms with van der Waals surface area (Å²) in [5, 5.41) is 3.38. The first-order chi connectivity index (χ1) is 9.52. The van der Waals surface area contributed by atoms with Gasteiger partial charge in [0.2, 0.25) is 0 Å². The summed E-state index contributed by atoms with van der Waals surface area (Å²) in [5.41, 5.74) is 2.82. The minimum absolute atomic E-state index is 0.378. The Hall–Kier alpha value is -0.540. The van der Waals surface area contributed by atoms with E-state index in [0.717, 1.165) is 16.4 Å². The topological polar surface area (TPSA) is 15.3 Å². The van der Waals surface area contributed by atoms with Crippen molar-refractivity contribution in [1.82, 2.24) is 5.32 Å². The van der Waals surface area contributed by atoms with E-state index < -0.39 is 0 Å². The summed E-state index contributed by atoms with van der Waals surface area (Å²) in [7, 11) is 2.03. The zero-order chi connectivity index (χ0) is 14.7. The predicted octanol–water partition coefficient (Wildman–Crippen LogP) is 4.74. The molecule has 0 radical (unpaired) electrons. The van der Waals surface area contributed by atoms with Gasteiger partial charge in [-0.15, -0.1) is 0 Å². The van der Waals surface area contributed by atoms with E-state index in [1.54, 1.807) is 0 Å². The van der Waals surface area contributed by atoms with Gasteiger partial charge in [0.1, 0.15) is 0 Å². The molecule has 20 heavy (non-hydrogen) atoms. The van der Waals surface area contributed by atoms with Gasteiger partial charge in [-0.25, -0.2) is 0 Å². The van der Waals surface area contributed by atoms with Crippen LogP contribution >= 0.6 is 15.9 Å². The summed E-state index contributed by atoms with van der Waals surface area (Å²) < 4.78 is 1.16. The number of nitrogens with zero attached hydrogens (tertiary/aromatic N) is 1. The van der Waals surface area contributed by atoms with Gasteiger partial charge in [0, 0.05) is 28.8 Å². The quantitative estimate of drug-likeness (QED) is 0.772. The molecule has 1 aromatic rings. The molecule has 0 spiro atoms. The number of halogens is 1. The molecule has 0 aromatic heterocycles. The van der Waals surface area contributed by atoms with Crippen molar-refractivity contribution < 1.29 is 0 Å². The van der Waals surface area contributed by atoms with E-state index in [1.165, 1.54) is 37.1 Å². The second-order valence-corrected chi connectivity index (χ2v) is 7.24. The van der Waals surface area contributed by atoms with Crippen LogP contribution in [0.4, 0.5) is 5.69 Å². The smallest absolute Gasteiger partial charge is 0.0417 e. The fourth-order valence-corrected chi connectivity index (χ4v) is 2.95. The standard InChI is InChI=1S/C17H27BrN2/c1-12(2)9-10-20(15-6-7-15)17-8-5-14(18)11-16(17)13(3)19-4/h5,8,11-13,15,19H,6-7,9-10H2,1-4H3. The van der Waals surface area contributed by atoms with E-state index in [9.17, 15) is 0 Å². The number of anilines is 1. The molecule has 0 saturated heterocycles. The lowest BCUT2D eigenvalue weighted by Crippen LogP contribution is -2.30. The summed E-state index contributed by atoms with van der Waals surface area (Å²) >= 11 is 3.61. The molecule has 1 aromatic carbocycles. The minimum Gasteiger partial charge on any atom is -0.368 e. The highest BCUT2D eigenvalue weighted by molar-refractivity contribution is 9.10. The van der Waals surface area contributed by atoms with E-state index in [4.69, 9.17) is 0 Å². The zero-order valence-corrected chi connectivity index (χ0v) is 14.7. The highest BCUT2D eigenvalue weighted by Gasteiger charge is 2.30. The molecule has 0 aliphatic heterocycles. The number of benzene rings is 1. The first-order valence-corrected chi connectivity index (χ1v) is 8.55. The third-order valence-electron chi connectivity index (χ3n) is 4.13. The molecular formula is C17H27BrN2. The SMILES string of the molecule is CNC(C)c1cc(Br)ccc1N(CCC(C)C)C1CC1. The number of hydrogen-bond acceptors (Lipinski definition) is 2. The van der Waals surface area contributed by atoms with Crippen LogP contribution in [0, 0.1) is 5.92 Å². The van der Waals surface area contributed by atoms with Crippen LogP contribution in [0.5, 0.6) is 0 Å². The maximum absolute atomic E-state index is 3.61. The van der Waals surface area contributed by atoms with Crippen molar-refractivity contribution >= 4 is 21.6 Å². The lowest BCUT2D eigenvalue weighted by molar-refractivity contribution is 0.567. The van der Waals surface area contributed by atoms with Crippen LogP contribution in [0.2, 0.25) is 0 Å². The molecule has 1 aliphatic rings. The van der Waals surface area contributed by atoms with Crippen molar-refractivity contribution in [3.8, 4) is 0 Å². The average molecular weight is 339 g/mol. The van der Waals surface area contributed by atoms with E-state index >= 15 is 0 Å². The Kier molecular flexibility index (Phi) is 5.50. The van der Waals surface area contributed by atoms with E-state index in [1.807, 2.05) is 7.05 Å². The molecule has 1 saturated carbocycles. The largest absolute Gasteiger partial charge is 0.368 e. The van der Waals surface area contributed by atoms with Crippen LogP contribution in [-0.4, -0.2) is 19.6 Å². The Morgan fingerprint density at radius 2 is 2.00 bits per heavy atom. The monoisotopic (exact) mass is 338 g/mol. The Bertz CT molecular complexity index is 441. The second-order valence-electron chi connectivity index (χ2n) is 6.32. The lowest BCUT2D eigenvalue weighted by atomic mass is 10.0. The predicted molar refractivity (Wildman–Crippen MR) is 91.4 cm³/mol. The third-order valence-corrected chi connectivity index (χ3v) is 4.63. The normalized spacial score (nSPS) is 16.5. The maximum Gasteiger partial charge on any atom is 0.0417 e. The van der Waals surface area contributed by atoms with Crippen LogP contribution in [0.15, 0.2) is 22.7 Å². The summed E-state index contributed by atoms with van der Waals surface area (Å²) in [5.74, 6) is 0.761. The van der Waals surface area contributed by atoms with Gasteiger partial charge in [0.15, 0.2) is 0 Å². The third kappa shape index (κ3) is 3.98. The molecule has 2 rings (SSSR count). The van der Waals surface area contributed by atoms with Crippen LogP contribution in [0.25, 0.3) is 0 Å². The molecule has 112 valence electrons. The number of hydrogen-bond donors (Lipinski definition) is 1. The Morgan fingerprint density at radius 3 is 2.55 bits per heavy atom. The molecule has 0 amide bonds. The lowest BCUT2D eigenvalue weighted by Gasteiger charge is -2.30. The molecule has 2 nitrogen and oxygen atoms in total. The fraction of sp³-hybridized carbons (Fsp3) is 0.647. The van der Waals surface area contributed by atoms with Crippen LogP contribution < -0.4 is 10.2 Å². The van der Waals surface area contributed by atoms with Crippen molar-refractivity contribution in [2.45, 2.75) is 52.1 Å². The Labute approximate surface area is 132 Å². The van der Waals surface area contributed by atoms with Crippen LogP contribution in [0.3, 0.4) is 0 Å². The first kappa shape index (κ1) is 15.8. The Balaban J connectivity index is 2.27. The molecule has 1 aliphatic carbocycles. The molecule has 0 bridgehead atoms. The fourth-order valence-electron chi connectivity index (χ4n) is 2.57. The van der Waals surface area contributed by atoms with Gasteiger partial charge < -0.3 is 10.2 Å². The highest BCUT2D eigenvalue weighted by atomic mass is 79.9. The molecule has 3 heteroatoms. The number of nitrogens with one attached hydrogen (secondary N) is 1. The zero-order valence-electron chi connectivity index (χ0n) is 13.1. The first-order valence-electron chi connectivity index (χ1n) is 7.76. The van der Waals surface area contributed by atoms with E-state index in [2.05, 4.69) is 65.1 Å². The van der Waals surface area contributed by atoms with E-state index in [0.29, 0.717) is 6.04 Å². The summed E-state index contributed by atoms with van der Waals surface area (Å²) in [6, 6.07) is 7.86. The van der Waals surface area contributed by atoms with Gasteiger partial charge in [-0.2, -0.15) is 0 Å².